The summed E-state index contributed by atoms with van der Waals surface area (Å²) in [5.41, 5.74) is -0.142. The first-order valence-electron chi connectivity index (χ1n) is 5.81. The van der Waals surface area contributed by atoms with Crippen LogP contribution in [0.4, 0.5) is 13.2 Å². The van der Waals surface area contributed by atoms with Crippen molar-refractivity contribution in [3.05, 3.63) is 24.0 Å². The zero-order chi connectivity index (χ0) is 15.6. The number of ether oxygens (including phenoxy) is 1. The summed E-state index contributed by atoms with van der Waals surface area (Å²) in [4.78, 5) is 3.78. The molecule has 0 aliphatic rings. The molecule has 0 amide bonds. The van der Waals surface area contributed by atoms with E-state index in [1.165, 1.54) is 39.3 Å². The fourth-order valence-electron chi connectivity index (χ4n) is 1.68. The number of rotatable bonds is 5. The SMILES string of the molecule is COc1ccc([C@@H](CC(C)(C)[S+](N)[O-])C(F)(F)F)nc1. The molecule has 0 aliphatic carbocycles. The summed E-state index contributed by atoms with van der Waals surface area (Å²) in [6.45, 7) is 2.87. The number of nitrogens with two attached hydrogens (primary N) is 1. The van der Waals surface area contributed by atoms with Gasteiger partial charge in [-0.05, 0) is 26.0 Å². The van der Waals surface area contributed by atoms with Crippen molar-refractivity contribution in [3.63, 3.8) is 0 Å². The Hall–Kier alpha value is -0.990. The maximum Gasteiger partial charge on any atom is 0.397 e. The zero-order valence-electron chi connectivity index (χ0n) is 11.4. The molecule has 114 valence electrons. The first kappa shape index (κ1) is 17.1. The highest BCUT2D eigenvalue weighted by Crippen LogP contribution is 2.41. The van der Waals surface area contributed by atoms with Crippen LogP contribution in [0, 0.1) is 0 Å². The van der Waals surface area contributed by atoms with Crippen molar-refractivity contribution in [2.75, 3.05) is 7.11 Å². The second kappa shape index (κ2) is 6.19. The third-order valence-electron chi connectivity index (χ3n) is 2.99. The number of hydrogen-bond acceptors (Lipinski definition) is 4. The molecular weight excluding hydrogens is 293 g/mol. The largest absolute Gasteiger partial charge is 0.598 e. The fraction of sp³-hybridized carbons (Fsp3) is 0.583. The van der Waals surface area contributed by atoms with Gasteiger partial charge in [-0.1, -0.05) is 0 Å². The second-order valence-corrected chi connectivity index (χ2v) is 6.68. The van der Waals surface area contributed by atoms with Crippen LogP contribution in [-0.4, -0.2) is 27.6 Å². The molecule has 0 aromatic carbocycles. The van der Waals surface area contributed by atoms with Crippen molar-refractivity contribution in [1.82, 2.24) is 4.98 Å². The molecule has 1 heterocycles. The van der Waals surface area contributed by atoms with E-state index in [2.05, 4.69) is 4.98 Å². The molecule has 0 aliphatic heterocycles. The van der Waals surface area contributed by atoms with Gasteiger partial charge >= 0.3 is 6.18 Å². The third kappa shape index (κ3) is 4.26. The monoisotopic (exact) mass is 310 g/mol. The predicted octanol–water partition coefficient (Wildman–Crippen LogP) is 2.53. The van der Waals surface area contributed by atoms with Gasteiger partial charge in [0.05, 0.1) is 19.0 Å². The van der Waals surface area contributed by atoms with Gasteiger partial charge in [-0.3, -0.25) is 4.98 Å². The Morgan fingerprint density at radius 1 is 1.40 bits per heavy atom. The van der Waals surface area contributed by atoms with Crippen LogP contribution >= 0.6 is 0 Å². The van der Waals surface area contributed by atoms with Crippen molar-refractivity contribution in [1.29, 1.82) is 0 Å². The van der Waals surface area contributed by atoms with Gasteiger partial charge in [0.25, 0.3) is 0 Å². The van der Waals surface area contributed by atoms with Crippen molar-refractivity contribution >= 4 is 11.4 Å². The Kier molecular flexibility index (Phi) is 5.28. The van der Waals surface area contributed by atoms with E-state index in [0.29, 0.717) is 5.75 Å². The van der Waals surface area contributed by atoms with Crippen molar-refractivity contribution < 1.29 is 22.5 Å². The Labute approximate surface area is 118 Å². The van der Waals surface area contributed by atoms with Crippen LogP contribution in [0.5, 0.6) is 5.75 Å². The Morgan fingerprint density at radius 2 is 2.00 bits per heavy atom. The fourth-order valence-corrected chi connectivity index (χ4v) is 2.01. The quantitative estimate of drug-likeness (QED) is 0.848. The minimum Gasteiger partial charge on any atom is -0.598 e. The zero-order valence-corrected chi connectivity index (χ0v) is 12.2. The summed E-state index contributed by atoms with van der Waals surface area (Å²) >= 11 is -1.86. The molecule has 0 saturated heterocycles. The molecule has 1 aromatic heterocycles. The van der Waals surface area contributed by atoms with Crippen molar-refractivity contribution in [2.24, 2.45) is 5.14 Å². The Bertz CT molecular complexity index is 435. The Balaban J connectivity index is 3.07. The van der Waals surface area contributed by atoms with Gasteiger partial charge in [0.1, 0.15) is 16.4 Å². The number of nitrogens with zero attached hydrogens (tertiary/aromatic N) is 1. The average Bonchev–Trinajstić information content (AvgIpc) is 2.35. The third-order valence-corrected chi connectivity index (χ3v) is 4.24. The van der Waals surface area contributed by atoms with Crippen LogP contribution in [0.25, 0.3) is 0 Å². The standard InChI is InChI=1S/C12H17F3N2O2S/c1-11(2,20(16)18)6-9(12(13,14)15)10-5-4-8(19-3)7-17-10/h4-5,7,9H,6,16H2,1-3H3/t9-,20?/m1/s1. The van der Waals surface area contributed by atoms with Gasteiger partial charge in [0.15, 0.2) is 0 Å². The molecular formula is C12H17F3N2O2S. The lowest BCUT2D eigenvalue weighted by Crippen LogP contribution is -2.41. The van der Waals surface area contributed by atoms with Crippen LogP contribution in [0.3, 0.4) is 0 Å². The predicted molar refractivity (Wildman–Crippen MR) is 70.6 cm³/mol. The van der Waals surface area contributed by atoms with E-state index in [1.54, 1.807) is 0 Å². The maximum absolute atomic E-state index is 13.2. The van der Waals surface area contributed by atoms with E-state index >= 15 is 0 Å². The number of halogens is 3. The number of hydrogen-bond donors (Lipinski definition) is 1. The first-order valence-corrected chi connectivity index (χ1v) is 7.02. The molecule has 1 unspecified atom stereocenters. The van der Waals surface area contributed by atoms with E-state index < -0.39 is 34.6 Å². The van der Waals surface area contributed by atoms with Crippen molar-refractivity contribution in [3.8, 4) is 5.75 Å². The maximum atomic E-state index is 13.2. The van der Waals surface area contributed by atoms with Gasteiger partial charge in [-0.25, -0.2) is 0 Å². The minimum absolute atomic E-state index is 0.142. The highest BCUT2D eigenvalue weighted by molar-refractivity contribution is 7.90. The molecule has 4 nitrogen and oxygen atoms in total. The number of alkyl halides is 3. The smallest absolute Gasteiger partial charge is 0.397 e. The number of pyridine rings is 1. The lowest BCUT2D eigenvalue weighted by molar-refractivity contribution is -0.154. The van der Waals surface area contributed by atoms with Gasteiger partial charge in [-0.2, -0.15) is 18.3 Å². The minimum atomic E-state index is -4.49. The van der Waals surface area contributed by atoms with Crippen molar-refractivity contribution in [2.45, 2.75) is 37.1 Å². The van der Waals surface area contributed by atoms with Gasteiger partial charge in [0, 0.05) is 17.8 Å². The van der Waals surface area contributed by atoms with Crippen LogP contribution in [-0.2, 0) is 11.4 Å². The summed E-state index contributed by atoms with van der Waals surface area (Å²) in [6.07, 6.45) is -3.67. The topological polar surface area (TPSA) is 71.2 Å². The summed E-state index contributed by atoms with van der Waals surface area (Å²) in [7, 11) is 1.40. The summed E-state index contributed by atoms with van der Waals surface area (Å²) in [5, 5.41) is 5.25. The van der Waals surface area contributed by atoms with Crippen LogP contribution in [0.2, 0.25) is 0 Å². The van der Waals surface area contributed by atoms with Crippen LogP contribution in [0.15, 0.2) is 18.3 Å². The molecule has 0 saturated carbocycles. The van der Waals surface area contributed by atoms with Gasteiger partial charge < -0.3 is 9.29 Å². The first-order chi connectivity index (χ1) is 9.08. The highest BCUT2D eigenvalue weighted by Gasteiger charge is 2.47. The molecule has 2 N–H and O–H groups in total. The molecule has 1 aromatic rings. The van der Waals surface area contributed by atoms with E-state index in [0.717, 1.165) is 0 Å². The van der Waals surface area contributed by atoms with Gasteiger partial charge in [0.2, 0.25) is 0 Å². The van der Waals surface area contributed by atoms with Gasteiger partial charge in [-0.15, -0.1) is 0 Å². The average molecular weight is 310 g/mol. The lowest BCUT2D eigenvalue weighted by atomic mass is 9.92. The number of methoxy groups -OCH3 is 1. The Morgan fingerprint density at radius 3 is 2.35 bits per heavy atom. The molecule has 1 rings (SSSR count). The van der Waals surface area contributed by atoms with Crippen LogP contribution in [0.1, 0.15) is 31.9 Å². The molecule has 20 heavy (non-hydrogen) atoms. The van der Waals surface area contributed by atoms with E-state index in [1.807, 2.05) is 0 Å². The van der Waals surface area contributed by atoms with Crippen LogP contribution < -0.4 is 9.88 Å². The normalized spacial score (nSPS) is 15.8. The molecule has 0 radical (unpaired) electrons. The van der Waals surface area contributed by atoms with E-state index in [4.69, 9.17) is 9.88 Å². The number of aromatic nitrogens is 1. The molecule has 8 heteroatoms. The second-order valence-electron chi connectivity index (χ2n) is 4.98. The summed E-state index contributed by atoms with van der Waals surface area (Å²) in [6, 6.07) is 2.67. The van der Waals surface area contributed by atoms with E-state index in [9.17, 15) is 17.7 Å². The molecule has 0 bridgehead atoms. The molecule has 0 fully saturated rings. The molecule has 2 atom stereocenters. The molecule has 0 spiro atoms. The summed E-state index contributed by atoms with van der Waals surface area (Å²) < 4.78 is 54.6. The lowest BCUT2D eigenvalue weighted by Gasteiger charge is -2.29. The van der Waals surface area contributed by atoms with E-state index in [-0.39, 0.29) is 5.69 Å². The summed E-state index contributed by atoms with van der Waals surface area (Å²) in [5.74, 6) is -1.45. The highest BCUT2D eigenvalue weighted by atomic mass is 32.2.